The SMILES string of the molecule is Cn1nc(-c2nc(Cc3ccccc3)no2)c2c1CCN(C(=O)C(C)(C)C)C2. The van der Waals surface area contributed by atoms with E-state index >= 15 is 0 Å². The van der Waals surface area contributed by atoms with Gasteiger partial charge in [-0.25, -0.2) is 0 Å². The molecule has 0 spiro atoms. The molecule has 0 N–H and O–H groups in total. The molecular formula is C21H25N5O2. The zero-order chi connectivity index (χ0) is 19.9. The molecule has 1 aliphatic heterocycles. The van der Waals surface area contributed by atoms with Crippen LogP contribution in [-0.2, 0) is 31.2 Å². The van der Waals surface area contributed by atoms with E-state index in [0.29, 0.717) is 36.9 Å². The highest BCUT2D eigenvalue weighted by Crippen LogP contribution is 2.31. The summed E-state index contributed by atoms with van der Waals surface area (Å²) < 4.78 is 7.39. The Labute approximate surface area is 164 Å². The molecule has 0 unspecified atom stereocenters. The molecule has 28 heavy (non-hydrogen) atoms. The Morgan fingerprint density at radius 3 is 2.68 bits per heavy atom. The summed E-state index contributed by atoms with van der Waals surface area (Å²) in [4.78, 5) is 19.2. The largest absolute Gasteiger partial charge is 0.337 e. The quantitative estimate of drug-likeness (QED) is 0.699. The molecule has 0 radical (unpaired) electrons. The molecule has 0 saturated heterocycles. The van der Waals surface area contributed by atoms with E-state index in [9.17, 15) is 4.79 Å². The van der Waals surface area contributed by atoms with Crippen molar-refractivity contribution in [2.24, 2.45) is 12.5 Å². The number of fused-ring (bicyclic) bond motifs is 1. The monoisotopic (exact) mass is 379 g/mol. The van der Waals surface area contributed by atoms with Crippen molar-refractivity contribution in [1.29, 1.82) is 0 Å². The fourth-order valence-corrected chi connectivity index (χ4v) is 3.61. The first-order chi connectivity index (χ1) is 13.3. The molecular weight excluding hydrogens is 354 g/mol. The normalized spacial score (nSPS) is 14.2. The molecule has 0 atom stereocenters. The summed E-state index contributed by atoms with van der Waals surface area (Å²) in [6.07, 6.45) is 1.37. The van der Waals surface area contributed by atoms with E-state index in [4.69, 9.17) is 4.52 Å². The fourth-order valence-electron chi connectivity index (χ4n) is 3.61. The number of aryl methyl sites for hydroxylation is 1. The third-order valence-corrected chi connectivity index (χ3v) is 5.05. The Balaban J connectivity index is 1.62. The van der Waals surface area contributed by atoms with E-state index < -0.39 is 5.41 Å². The van der Waals surface area contributed by atoms with E-state index in [1.54, 1.807) is 0 Å². The Hall–Kier alpha value is -2.96. The van der Waals surface area contributed by atoms with E-state index in [2.05, 4.69) is 15.2 Å². The number of amides is 1. The number of nitrogens with zero attached hydrogens (tertiary/aromatic N) is 5. The van der Waals surface area contributed by atoms with Crippen LogP contribution in [-0.4, -0.2) is 37.3 Å². The van der Waals surface area contributed by atoms with Crippen LogP contribution < -0.4 is 0 Å². The maximum Gasteiger partial charge on any atom is 0.278 e. The topological polar surface area (TPSA) is 77.1 Å². The lowest BCUT2D eigenvalue weighted by molar-refractivity contribution is -0.140. The summed E-state index contributed by atoms with van der Waals surface area (Å²) in [5, 5.41) is 8.74. The predicted octanol–water partition coefficient (Wildman–Crippen LogP) is 2.99. The molecule has 3 aromatic rings. The maximum absolute atomic E-state index is 12.7. The fraction of sp³-hybridized carbons (Fsp3) is 0.429. The van der Waals surface area contributed by atoms with Crippen molar-refractivity contribution in [2.75, 3.05) is 6.54 Å². The number of carbonyl (C=O) groups is 1. The van der Waals surface area contributed by atoms with Gasteiger partial charge >= 0.3 is 0 Å². The number of carbonyl (C=O) groups excluding carboxylic acids is 1. The van der Waals surface area contributed by atoms with Crippen molar-refractivity contribution in [2.45, 2.75) is 40.2 Å². The number of hydrogen-bond acceptors (Lipinski definition) is 5. The molecule has 1 amide bonds. The summed E-state index contributed by atoms with van der Waals surface area (Å²) >= 11 is 0. The first kappa shape index (κ1) is 18.4. The standard InChI is InChI=1S/C21H25N5O2/c1-21(2,3)20(27)26-11-10-16-15(13-26)18(23-25(16)4)19-22-17(24-28-19)12-14-8-6-5-7-9-14/h5-9H,10-13H2,1-4H3. The zero-order valence-corrected chi connectivity index (χ0v) is 16.8. The number of aromatic nitrogens is 4. The summed E-state index contributed by atoms with van der Waals surface area (Å²) in [6.45, 7) is 7.06. The molecule has 1 aliphatic rings. The van der Waals surface area contributed by atoms with Crippen LogP contribution >= 0.6 is 0 Å². The Morgan fingerprint density at radius 2 is 1.96 bits per heavy atom. The van der Waals surface area contributed by atoms with Crippen LogP contribution in [0.1, 0.15) is 43.4 Å². The first-order valence-corrected chi connectivity index (χ1v) is 9.54. The lowest BCUT2D eigenvalue weighted by Crippen LogP contribution is -2.42. The van der Waals surface area contributed by atoms with Crippen molar-refractivity contribution >= 4 is 5.91 Å². The molecule has 1 aromatic carbocycles. The molecule has 0 aliphatic carbocycles. The highest BCUT2D eigenvalue weighted by molar-refractivity contribution is 5.82. The van der Waals surface area contributed by atoms with Crippen molar-refractivity contribution in [3.8, 4) is 11.6 Å². The minimum Gasteiger partial charge on any atom is -0.337 e. The van der Waals surface area contributed by atoms with Gasteiger partial charge in [0.25, 0.3) is 5.89 Å². The van der Waals surface area contributed by atoms with E-state index in [1.807, 2.05) is 67.7 Å². The number of rotatable bonds is 3. The summed E-state index contributed by atoms with van der Waals surface area (Å²) in [5.74, 6) is 1.18. The van der Waals surface area contributed by atoms with Crippen molar-refractivity contribution in [1.82, 2.24) is 24.8 Å². The van der Waals surface area contributed by atoms with Crippen LogP contribution in [0, 0.1) is 5.41 Å². The van der Waals surface area contributed by atoms with E-state index in [1.165, 1.54) is 0 Å². The van der Waals surface area contributed by atoms with Gasteiger partial charge in [-0.3, -0.25) is 9.48 Å². The van der Waals surface area contributed by atoms with Crippen molar-refractivity contribution < 1.29 is 9.32 Å². The molecule has 0 fully saturated rings. The highest BCUT2D eigenvalue weighted by atomic mass is 16.5. The third-order valence-electron chi connectivity index (χ3n) is 5.05. The molecule has 3 heterocycles. The van der Waals surface area contributed by atoms with Crippen LogP contribution in [0.15, 0.2) is 34.9 Å². The van der Waals surface area contributed by atoms with Crippen LogP contribution in [0.3, 0.4) is 0 Å². The molecule has 7 heteroatoms. The van der Waals surface area contributed by atoms with Gasteiger partial charge < -0.3 is 9.42 Å². The highest BCUT2D eigenvalue weighted by Gasteiger charge is 2.33. The third kappa shape index (κ3) is 3.44. The van der Waals surface area contributed by atoms with Crippen LogP contribution in [0.4, 0.5) is 0 Å². The summed E-state index contributed by atoms with van der Waals surface area (Å²) in [5.41, 5.74) is 3.51. The van der Waals surface area contributed by atoms with Gasteiger partial charge in [0.05, 0.1) is 0 Å². The van der Waals surface area contributed by atoms with E-state index in [0.717, 1.165) is 23.2 Å². The van der Waals surface area contributed by atoms with Gasteiger partial charge in [0, 0.05) is 49.7 Å². The van der Waals surface area contributed by atoms with Gasteiger partial charge in [0.15, 0.2) is 11.5 Å². The van der Waals surface area contributed by atoms with Crippen molar-refractivity contribution in [3.05, 3.63) is 53.0 Å². The van der Waals surface area contributed by atoms with Gasteiger partial charge in [-0.2, -0.15) is 10.1 Å². The average Bonchev–Trinajstić information content (AvgIpc) is 3.25. The summed E-state index contributed by atoms with van der Waals surface area (Å²) in [7, 11) is 1.92. The smallest absolute Gasteiger partial charge is 0.278 e. The van der Waals surface area contributed by atoms with E-state index in [-0.39, 0.29) is 5.91 Å². The molecule has 146 valence electrons. The Morgan fingerprint density at radius 1 is 1.21 bits per heavy atom. The second-order valence-electron chi connectivity index (χ2n) is 8.30. The molecule has 0 saturated carbocycles. The number of benzene rings is 1. The minimum absolute atomic E-state index is 0.142. The molecule has 0 bridgehead atoms. The van der Waals surface area contributed by atoms with Crippen LogP contribution in [0.25, 0.3) is 11.6 Å². The van der Waals surface area contributed by atoms with Gasteiger partial charge in [-0.05, 0) is 5.56 Å². The predicted molar refractivity (Wildman–Crippen MR) is 104 cm³/mol. The Bertz CT molecular complexity index is 998. The van der Waals surface area contributed by atoms with Gasteiger partial charge in [0.1, 0.15) is 0 Å². The van der Waals surface area contributed by atoms with Gasteiger partial charge in [0.2, 0.25) is 5.91 Å². The van der Waals surface area contributed by atoms with Gasteiger partial charge in [-0.15, -0.1) is 0 Å². The maximum atomic E-state index is 12.7. The van der Waals surface area contributed by atoms with Crippen LogP contribution in [0.2, 0.25) is 0 Å². The second-order valence-corrected chi connectivity index (χ2v) is 8.30. The molecule has 2 aromatic heterocycles. The second kappa shape index (κ2) is 6.89. The van der Waals surface area contributed by atoms with Gasteiger partial charge in [-0.1, -0.05) is 56.3 Å². The lowest BCUT2D eigenvalue weighted by Gasteiger charge is -2.32. The van der Waals surface area contributed by atoms with Crippen LogP contribution in [0.5, 0.6) is 0 Å². The lowest BCUT2D eigenvalue weighted by atomic mass is 9.93. The Kier molecular flexibility index (Phi) is 4.53. The summed E-state index contributed by atoms with van der Waals surface area (Å²) in [6, 6.07) is 10.0. The average molecular weight is 379 g/mol. The molecule has 4 rings (SSSR count). The minimum atomic E-state index is -0.410. The van der Waals surface area contributed by atoms with Crippen molar-refractivity contribution in [3.63, 3.8) is 0 Å². The number of hydrogen-bond donors (Lipinski definition) is 0. The zero-order valence-electron chi connectivity index (χ0n) is 16.8. The first-order valence-electron chi connectivity index (χ1n) is 9.54. The molecule has 7 nitrogen and oxygen atoms in total.